The van der Waals surface area contributed by atoms with Crippen LogP contribution in [0.25, 0.3) is 0 Å². The number of pyridine rings is 1. The molecule has 0 saturated heterocycles. The van der Waals surface area contributed by atoms with Crippen LogP contribution in [0.2, 0.25) is 0 Å². The molecular formula is C13H24N2O. The van der Waals surface area contributed by atoms with E-state index >= 15 is 0 Å². The van der Waals surface area contributed by atoms with E-state index in [9.17, 15) is 4.79 Å². The predicted octanol–water partition coefficient (Wildman–Crippen LogP) is 3.65. The zero-order chi connectivity index (χ0) is 12.8. The van der Waals surface area contributed by atoms with Gasteiger partial charge in [-0.2, -0.15) is 0 Å². The van der Waals surface area contributed by atoms with Crippen molar-refractivity contribution in [2.75, 3.05) is 5.32 Å². The Hall–Kier alpha value is -1.38. The van der Waals surface area contributed by atoms with Gasteiger partial charge in [0, 0.05) is 13.0 Å². The minimum Gasteiger partial charge on any atom is -0.310 e. The van der Waals surface area contributed by atoms with Crippen LogP contribution in [0.4, 0.5) is 5.82 Å². The zero-order valence-corrected chi connectivity index (χ0v) is 11.1. The van der Waals surface area contributed by atoms with Gasteiger partial charge in [0.1, 0.15) is 5.82 Å². The van der Waals surface area contributed by atoms with Gasteiger partial charge < -0.3 is 5.32 Å². The van der Waals surface area contributed by atoms with Crippen molar-refractivity contribution in [2.24, 2.45) is 5.41 Å². The fourth-order valence-corrected chi connectivity index (χ4v) is 0.912. The molecule has 16 heavy (non-hydrogen) atoms. The van der Waals surface area contributed by atoms with E-state index in [0.717, 1.165) is 5.56 Å². The average Bonchev–Trinajstić information content (AvgIpc) is 2.23. The van der Waals surface area contributed by atoms with Crippen molar-refractivity contribution in [1.82, 2.24) is 4.98 Å². The van der Waals surface area contributed by atoms with E-state index in [1.165, 1.54) is 0 Å². The number of hydrogen-bond acceptors (Lipinski definition) is 2. The van der Waals surface area contributed by atoms with E-state index in [2.05, 4.69) is 10.3 Å². The first kappa shape index (κ1) is 14.6. The Morgan fingerprint density at radius 1 is 1.38 bits per heavy atom. The van der Waals surface area contributed by atoms with E-state index in [1.54, 1.807) is 6.20 Å². The topological polar surface area (TPSA) is 42.0 Å². The third-order valence-electron chi connectivity index (χ3n) is 1.92. The third kappa shape index (κ3) is 4.43. The lowest BCUT2D eigenvalue weighted by atomic mass is 9.96. The maximum absolute atomic E-state index is 11.6. The predicted molar refractivity (Wildman–Crippen MR) is 70.5 cm³/mol. The number of nitrogens with one attached hydrogen (secondary N) is 1. The molecule has 0 aliphatic rings. The van der Waals surface area contributed by atoms with Crippen LogP contribution in [0.3, 0.4) is 0 Å². The minimum atomic E-state index is -0.385. The fourth-order valence-electron chi connectivity index (χ4n) is 0.912. The summed E-state index contributed by atoms with van der Waals surface area (Å²) in [7, 11) is 0. The number of carbonyl (C=O) groups excluding carboxylic acids is 1. The number of carbonyl (C=O) groups is 1. The molecule has 0 saturated carbocycles. The van der Waals surface area contributed by atoms with Gasteiger partial charge in [0.15, 0.2) is 0 Å². The number of hydrogen-bond donors (Lipinski definition) is 1. The molecule has 1 heterocycles. The highest BCUT2D eigenvalue weighted by Gasteiger charge is 2.21. The molecule has 0 spiro atoms. The van der Waals surface area contributed by atoms with Crippen LogP contribution in [-0.2, 0) is 4.79 Å². The van der Waals surface area contributed by atoms with Crippen LogP contribution in [0.5, 0.6) is 0 Å². The van der Waals surface area contributed by atoms with Crippen molar-refractivity contribution in [3.63, 3.8) is 0 Å². The summed E-state index contributed by atoms with van der Waals surface area (Å²) in [5.41, 5.74) is 0.592. The zero-order valence-electron chi connectivity index (χ0n) is 11.1. The lowest BCUT2D eigenvalue weighted by molar-refractivity contribution is -0.123. The summed E-state index contributed by atoms with van der Waals surface area (Å²) in [6, 6.07) is 3.77. The number of amides is 1. The molecule has 0 fully saturated rings. The van der Waals surface area contributed by atoms with Gasteiger partial charge in [-0.3, -0.25) is 4.79 Å². The average molecular weight is 224 g/mol. The second-order valence-electron chi connectivity index (χ2n) is 4.37. The summed E-state index contributed by atoms with van der Waals surface area (Å²) >= 11 is 0. The van der Waals surface area contributed by atoms with Gasteiger partial charge in [-0.25, -0.2) is 4.98 Å². The first-order valence-electron chi connectivity index (χ1n) is 5.64. The highest BCUT2D eigenvalue weighted by Crippen LogP contribution is 2.17. The number of aryl methyl sites for hydroxylation is 1. The van der Waals surface area contributed by atoms with E-state index in [4.69, 9.17) is 0 Å². The van der Waals surface area contributed by atoms with Gasteiger partial charge in [-0.05, 0) is 18.6 Å². The van der Waals surface area contributed by atoms with Crippen LogP contribution in [-0.4, -0.2) is 10.9 Å². The molecule has 92 valence electrons. The monoisotopic (exact) mass is 224 g/mol. The molecule has 0 aliphatic carbocycles. The van der Waals surface area contributed by atoms with Crippen LogP contribution in [0.1, 0.15) is 41.6 Å². The lowest BCUT2D eigenvalue weighted by Crippen LogP contribution is -2.28. The number of anilines is 1. The molecule has 1 aromatic rings. The van der Waals surface area contributed by atoms with Crippen molar-refractivity contribution < 1.29 is 6.22 Å². The van der Waals surface area contributed by atoms with Crippen molar-refractivity contribution in [1.29, 1.82) is 0 Å². The number of nitrogens with zero attached hydrogens (tertiary/aromatic N) is 1. The maximum Gasteiger partial charge on any atom is 0.230 e. The molecule has 1 N–H and O–H groups in total. The molecule has 1 rings (SSSR count). The minimum absolute atomic E-state index is 0. The van der Waals surface area contributed by atoms with Gasteiger partial charge in [0.25, 0.3) is 0 Å². The first-order valence-corrected chi connectivity index (χ1v) is 5.64. The van der Waals surface area contributed by atoms with Crippen molar-refractivity contribution in [2.45, 2.75) is 41.5 Å². The van der Waals surface area contributed by atoms with Crippen LogP contribution < -0.4 is 5.32 Å². The first-order chi connectivity index (χ1) is 7.41. The van der Waals surface area contributed by atoms with Crippen LogP contribution >= 0.6 is 0 Å². The van der Waals surface area contributed by atoms with Crippen molar-refractivity contribution in [3.05, 3.63) is 23.9 Å². The smallest absolute Gasteiger partial charge is 0.230 e. The van der Waals surface area contributed by atoms with Crippen molar-refractivity contribution in [3.8, 4) is 0 Å². The van der Waals surface area contributed by atoms with Gasteiger partial charge in [-0.15, -0.1) is 0 Å². The van der Waals surface area contributed by atoms with E-state index < -0.39 is 0 Å². The molecular weight excluding hydrogens is 200 g/mol. The quantitative estimate of drug-likeness (QED) is 0.791. The van der Waals surface area contributed by atoms with Gasteiger partial charge in [0.2, 0.25) is 5.91 Å². The third-order valence-corrected chi connectivity index (χ3v) is 1.92. The Morgan fingerprint density at radius 3 is 2.38 bits per heavy atom. The Balaban J connectivity index is 0. The normalized spacial score (nSPS) is 10.1. The molecule has 1 amide bonds. The second-order valence-corrected chi connectivity index (χ2v) is 4.37. The Kier molecular flexibility index (Phi) is 5.72. The maximum atomic E-state index is 11.6. The van der Waals surface area contributed by atoms with E-state index in [-0.39, 0.29) is 12.7 Å². The molecule has 0 radical (unpaired) electrons. The van der Waals surface area contributed by atoms with Crippen LogP contribution in [0.15, 0.2) is 18.3 Å². The molecule has 3 heteroatoms. The Bertz CT molecular complexity index is 346. The van der Waals surface area contributed by atoms with Gasteiger partial charge in [0.05, 0.1) is 0 Å². The summed E-state index contributed by atoms with van der Waals surface area (Å²) < 4.78 is 0. The SMILES string of the molecule is CC.Cc1cccnc1NC(=O)C(C)(C)C.[HH]. The number of aromatic nitrogens is 1. The summed E-state index contributed by atoms with van der Waals surface area (Å²) in [6.45, 7) is 11.5. The van der Waals surface area contributed by atoms with Crippen molar-refractivity contribution >= 4 is 11.7 Å². The molecule has 0 aromatic carbocycles. The summed E-state index contributed by atoms with van der Waals surface area (Å²) in [4.78, 5) is 15.7. The molecule has 0 atom stereocenters. The summed E-state index contributed by atoms with van der Waals surface area (Å²) in [6.07, 6.45) is 1.67. The van der Waals surface area contributed by atoms with Crippen LogP contribution in [0, 0.1) is 12.3 Å². The molecule has 0 unspecified atom stereocenters. The summed E-state index contributed by atoms with van der Waals surface area (Å²) in [5, 5.41) is 2.80. The number of rotatable bonds is 1. The lowest BCUT2D eigenvalue weighted by Gasteiger charge is -2.17. The van der Waals surface area contributed by atoms with E-state index in [0.29, 0.717) is 5.82 Å². The molecule has 0 aliphatic heterocycles. The van der Waals surface area contributed by atoms with Gasteiger partial charge >= 0.3 is 0 Å². The largest absolute Gasteiger partial charge is 0.310 e. The van der Waals surface area contributed by atoms with E-state index in [1.807, 2.05) is 53.7 Å². The van der Waals surface area contributed by atoms with Gasteiger partial charge in [-0.1, -0.05) is 40.7 Å². The Labute approximate surface area is 99.8 Å². The second kappa shape index (κ2) is 6.26. The summed E-state index contributed by atoms with van der Waals surface area (Å²) in [5.74, 6) is 0.631. The molecule has 3 nitrogen and oxygen atoms in total. The highest BCUT2D eigenvalue weighted by molar-refractivity contribution is 5.94. The molecule has 1 aromatic heterocycles. The standard InChI is InChI=1S/C11H16N2O.C2H6.H2/c1-8-6-5-7-12-9(8)13-10(14)11(2,3)4;1-2;/h5-7H,1-4H3,(H,12,13,14);1-2H3;1H. The Morgan fingerprint density at radius 2 is 1.94 bits per heavy atom. The fraction of sp³-hybridized carbons (Fsp3) is 0.538. The highest BCUT2D eigenvalue weighted by atomic mass is 16.2. The molecule has 0 bridgehead atoms.